The van der Waals surface area contributed by atoms with Crippen molar-refractivity contribution in [2.24, 2.45) is 0 Å². The molecule has 0 saturated carbocycles. The molecule has 19 heavy (non-hydrogen) atoms. The molecule has 1 amide bonds. The summed E-state index contributed by atoms with van der Waals surface area (Å²) < 4.78 is 14.5. The van der Waals surface area contributed by atoms with Crippen molar-refractivity contribution in [3.63, 3.8) is 0 Å². The van der Waals surface area contributed by atoms with Gasteiger partial charge in [0.15, 0.2) is 0 Å². The Morgan fingerprint density at radius 1 is 1.42 bits per heavy atom. The highest BCUT2D eigenvalue weighted by Crippen LogP contribution is 2.22. The van der Waals surface area contributed by atoms with E-state index in [4.69, 9.17) is 11.6 Å². The van der Waals surface area contributed by atoms with Crippen LogP contribution in [0.25, 0.3) is 0 Å². The highest BCUT2D eigenvalue weighted by Gasteiger charge is 2.12. The standard InChI is InChI=1S/C13H10BrClFNOS/c14-9-4-5-19-12(9)7-17-13(18)6-8-10(15)2-1-3-11(8)16/h1-5H,6-7H2,(H,17,18). The summed E-state index contributed by atoms with van der Waals surface area (Å²) >= 11 is 10.8. The molecule has 1 heterocycles. The van der Waals surface area contributed by atoms with E-state index in [2.05, 4.69) is 21.2 Å². The highest BCUT2D eigenvalue weighted by molar-refractivity contribution is 9.10. The van der Waals surface area contributed by atoms with Crippen molar-refractivity contribution in [2.45, 2.75) is 13.0 Å². The molecule has 1 N–H and O–H groups in total. The van der Waals surface area contributed by atoms with Gasteiger partial charge >= 0.3 is 0 Å². The summed E-state index contributed by atoms with van der Waals surface area (Å²) in [5.74, 6) is -0.716. The number of halogens is 3. The minimum Gasteiger partial charge on any atom is -0.351 e. The number of rotatable bonds is 4. The number of benzene rings is 1. The molecule has 0 aliphatic heterocycles. The van der Waals surface area contributed by atoms with Gasteiger partial charge in [-0.15, -0.1) is 11.3 Å². The summed E-state index contributed by atoms with van der Waals surface area (Å²) in [6, 6.07) is 6.30. The number of carbonyl (C=O) groups is 1. The molecular formula is C13H10BrClFNOS. The zero-order valence-corrected chi connectivity index (χ0v) is 12.9. The second-order valence-electron chi connectivity index (χ2n) is 3.85. The topological polar surface area (TPSA) is 29.1 Å². The normalized spacial score (nSPS) is 10.5. The van der Waals surface area contributed by atoms with Crippen molar-refractivity contribution in [3.05, 3.63) is 55.4 Å². The van der Waals surface area contributed by atoms with Gasteiger partial charge < -0.3 is 5.32 Å². The first-order chi connectivity index (χ1) is 9.08. The van der Waals surface area contributed by atoms with Gasteiger partial charge in [-0.25, -0.2) is 4.39 Å². The predicted octanol–water partition coefficient (Wildman–Crippen LogP) is 4.16. The van der Waals surface area contributed by atoms with Crippen molar-refractivity contribution in [1.29, 1.82) is 0 Å². The van der Waals surface area contributed by atoms with Gasteiger partial charge in [0.05, 0.1) is 13.0 Å². The lowest BCUT2D eigenvalue weighted by Crippen LogP contribution is -2.24. The Bertz CT molecular complexity index is 582. The third kappa shape index (κ3) is 3.78. The third-order valence-electron chi connectivity index (χ3n) is 2.54. The molecule has 1 aromatic carbocycles. The van der Waals surface area contributed by atoms with Crippen molar-refractivity contribution in [2.75, 3.05) is 0 Å². The van der Waals surface area contributed by atoms with Crippen LogP contribution in [0.1, 0.15) is 10.4 Å². The van der Waals surface area contributed by atoms with Gasteiger partial charge in [0.1, 0.15) is 5.82 Å². The molecular weight excluding hydrogens is 353 g/mol. The highest BCUT2D eigenvalue weighted by atomic mass is 79.9. The number of nitrogens with one attached hydrogen (secondary N) is 1. The Kier molecular flexibility index (Phi) is 4.96. The van der Waals surface area contributed by atoms with Crippen LogP contribution >= 0.6 is 38.9 Å². The first-order valence-corrected chi connectivity index (χ1v) is 7.54. The summed E-state index contributed by atoms with van der Waals surface area (Å²) in [5, 5.41) is 4.95. The van der Waals surface area contributed by atoms with Gasteiger partial charge in [0, 0.05) is 19.9 Å². The first kappa shape index (κ1) is 14.5. The van der Waals surface area contributed by atoms with E-state index in [1.54, 1.807) is 17.4 Å². The van der Waals surface area contributed by atoms with E-state index in [0.29, 0.717) is 6.54 Å². The van der Waals surface area contributed by atoms with Crippen LogP contribution in [0.5, 0.6) is 0 Å². The predicted molar refractivity (Wildman–Crippen MR) is 79.0 cm³/mol. The Morgan fingerprint density at radius 2 is 2.21 bits per heavy atom. The fraction of sp³-hybridized carbons (Fsp3) is 0.154. The van der Waals surface area contributed by atoms with Crippen molar-refractivity contribution in [3.8, 4) is 0 Å². The summed E-state index contributed by atoms with van der Waals surface area (Å²) in [7, 11) is 0. The SMILES string of the molecule is O=C(Cc1c(F)cccc1Cl)NCc1sccc1Br. The summed E-state index contributed by atoms with van der Waals surface area (Å²) in [4.78, 5) is 12.8. The number of thiophene rings is 1. The fourth-order valence-corrected chi connectivity index (χ4v) is 3.22. The van der Waals surface area contributed by atoms with Crippen molar-refractivity contribution in [1.82, 2.24) is 5.32 Å². The van der Waals surface area contributed by atoms with Gasteiger partial charge in [-0.3, -0.25) is 4.79 Å². The van der Waals surface area contributed by atoms with Gasteiger partial charge in [-0.05, 0) is 39.5 Å². The van der Waals surface area contributed by atoms with E-state index < -0.39 is 5.82 Å². The lowest BCUT2D eigenvalue weighted by Gasteiger charge is -2.07. The van der Waals surface area contributed by atoms with E-state index in [0.717, 1.165) is 9.35 Å². The van der Waals surface area contributed by atoms with Crippen LogP contribution in [0.3, 0.4) is 0 Å². The minimum absolute atomic E-state index is 0.0610. The maximum absolute atomic E-state index is 13.5. The molecule has 2 rings (SSSR count). The molecule has 0 aliphatic carbocycles. The molecule has 100 valence electrons. The van der Waals surface area contributed by atoms with E-state index in [9.17, 15) is 9.18 Å². The zero-order chi connectivity index (χ0) is 13.8. The van der Waals surface area contributed by atoms with Crippen LogP contribution in [-0.2, 0) is 17.8 Å². The van der Waals surface area contributed by atoms with E-state index in [1.165, 1.54) is 12.1 Å². The quantitative estimate of drug-likeness (QED) is 0.869. The number of carbonyl (C=O) groups excluding carboxylic acids is 1. The van der Waals surface area contributed by atoms with Crippen LogP contribution in [0.4, 0.5) is 4.39 Å². The Balaban J connectivity index is 1.97. The molecule has 0 fully saturated rings. The Hall–Kier alpha value is -0.910. The number of hydrogen-bond acceptors (Lipinski definition) is 2. The van der Waals surface area contributed by atoms with Crippen molar-refractivity contribution < 1.29 is 9.18 Å². The fourth-order valence-electron chi connectivity index (χ4n) is 1.55. The van der Waals surface area contributed by atoms with Gasteiger partial charge in [-0.2, -0.15) is 0 Å². The number of hydrogen-bond donors (Lipinski definition) is 1. The molecule has 6 heteroatoms. The van der Waals surface area contributed by atoms with Crippen LogP contribution in [0.15, 0.2) is 34.1 Å². The third-order valence-corrected chi connectivity index (χ3v) is 4.82. The van der Waals surface area contributed by atoms with Gasteiger partial charge in [-0.1, -0.05) is 17.7 Å². The lowest BCUT2D eigenvalue weighted by molar-refractivity contribution is -0.120. The molecule has 0 saturated heterocycles. The molecule has 0 unspecified atom stereocenters. The number of amides is 1. The zero-order valence-electron chi connectivity index (χ0n) is 9.75. The van der Waals surface area contributed by atoms with E-state index in [-0.39, 0.29) is 22.9 Å². The van der Waals surface area contributed by atoms with Crippen molar-refractivity contribution >= 4 is 44.8 Å². The maximum atomic E-state index is 13.5. The largest absolute Gasteiger partial charge is 0.351 e. The van der Waals surface area contributed by atoms with Gasteiger partial charge in [0.25, 0.3) is 0 Å². The Labute approximate surface area is 127 Å². The molecule has 0 radical (unpaired) electrons. The molecule has 0 spiro atoms. The summed E-state index contributed by atoms with van der Waals surface area (Å²) in [5.41, 5.74) is 0.229. The summed E-state index contributed by atoms with van der Waals surface area (Å²) in [6.45, 7) is 0.420. The molecule has 2 nitrogen and oxygen atoms in total. The van der Waals surface area contributed by atoms with E-state index in [1.807, 2.05) is 11.4 Å². The van der Waals surface area contributed by atoms with Gasteiger partial charge in [0.2, 0.25) is 5.91 Å². The maximum Gasteiger partial charge on any atom is 0.224 e. The minimum atomic E-state index is -0.458. The van der Waals surface area contributed by atoms with Crippen LogP contribution in [0.2, 0.25) is 5.02 Å². The molecule has 0 atom stereocenters. The van der Waals surface area contributed by atoms with Crippen LogP contribution in [-0.4, -0.2) is 5.91 Å². The summed E-state index contributed by atoms with van der Waals surface area (Å²) in [6.07, 6.45) is -0.0610. The molecule has 2 aromatic rings. The first-order valence-electron chi connectivity index (χ1n) is 5.49. The smallest absolute Gasteiger partial charge is 0.224 e. The van der Waals surface area contributed by atoms with Crippen LogP contribution < -0.4 is 5.32 Å². The lowest BCUT2D eigenvalue weighted by atomic mass is 10.1. The van der Waals surface area contributed by atoms with Crippen LogP contribution in [0, 0.1) is 5.82 Å². The molecule has 1 aromatic heterocycles. The van der Waals surface area contributed by atoms with E-state index >= 15 is 0 Å². The second-order valence-corrected chi connectivity index (χ2v) is 6.11. The second kappa shape index (κ2) is 6.50. The average Bonchev–Trinajstić information content (AvgIpc) is 2.77. The Morgan fingerprint density at radius 3 is 2.84 bits per heavy atom. The monoisotopic (exact) mass is 361 g/mol. The molecule has 0 aliphatic rings. The molecule has 0 bridgehead atoms. The average molecular weight is 363 g/mol.